The van der Waals surface area contributed by atoms with Crippen LogP contribution in [0.1, 0.15) is 129 Å². The van der Waals surface area contributed by atoms with Crippen LogP contribution in [0, 0.1) is 5.92 Å². The highest BCUT2D eigenvalue weighted by Gasteiger charge is 2.14. The zero-order valence-electron chi connectivity index (χ0n) is 25.5. The summed E-state index contributed by atoms with van der Waals surface area (Å²) in [6, 6.07) is 7.99. The third kappa shape index (κ3) is 21.4. The second-order valence-corrected chi connectivity index (χ2v) is 10.6. The predicted octanol–water partition coefficient (Wildman–Crippen LogP) is 10.2. The molecule has 1 atom stereocenters. The number of rotatable bonds is 26. The van der Waals surface area contributed by atoms with Gasteiger partial charge in [-0.3, -0.25) is 4.79 Å². The molecule has 4 nitrogen and oxygen atoms in total. The number of allylic oxidation sites excluding steroid dienone is 4. The van der Waals surface area contributed by atoms with E-state index in [-0.39, 0.29) is 5.97 Å². The molecule has 222 valence electrons. The smallest absolute Gasteiger partial charge is 0.306 e. The predicted molar refractivity (Wildman–Crippen MR) is 165 cm³/mol. The highest BCUT2D eigenvalue weighted by Crippen LogP contribution is 2.21. The Morgan fingerprint density at radius 2 is 1.38 bits per heavy atom. The fourth-order valence-corrected chi connectivity index (χ4v) is 4.79. The van der Waals surface area contributed by atoms with Crippen LogP contribution in [0.4, 0.5) is 0 Å². The molecule has 0 saturated carbocycles. The van der Waals surface area contributed by atoms with Crippen LogP contribution in [0.15, 0.2) is 48.6 Å². The van der Waals surface area contributed by atoms with Crippen molar-refractivity contribution in [2.75, 3.05) is 20.3 Å². The number of carbonyl (C=O) groups is 1. The molecule has 0 bridgehead atoms. The van der Waals surface area contributed by atoms with E-state index in [9.17, 15) is 4.79 Å². The first-order valence-electron chi connectivity index (χ1n) is 15.9. The summed E-state index contributed by atoms with van der Waals surface area (Å²) in [4.78, 5) is 12.1. The average Bonchev–Trinajstić information content (AvgIpc) is 2.94. The highest BCUT2D eigenvalue weighted by molar-refractivity contribution is 5.69. The summed E-state index contributed by atoms with van der Waals surface area (Å²) in [6.07, 6.45) is 29.5. The largest absolute Gasteiger partial charge is 0.497 e. The maximum absolute atomic E-state index is 12.1. The van der Waals surface area contributed by atoms with E-state index in [4.69, 9.17) is 14.2 Å². The monoisotopic (exact) mass is 542 g/mol. The number of ether oxygens (including phenoxy) is 3. The van der Waals surface area contributed by atoms with Crippen molar-refractivity contribution in [1.29, 1.82) is 0 Å². The lowest BCUT2D eigenvalue weighted by Crippen LogP contribution is -2.12. The lowest BCUT2D eigenvalue weighted by atomic mass is 9.93. The number of carbonyl (C=O) groups excluding carboxylic acids is 1. The summed E-state index contributed by atoms with van der Waals surface area (Å²) >= 11 is 0. The molecule has 0 aliphatic carbocycles. The normalized spacial score (nSPS) is 12.4. The summed E-state index contributed by atoms with van der Waals surface area (Å²) in [5, 5.41) is 0. The summed E-state index contributed by atoms with van der Waals surface area (Å²) < 4.78 is 16.3. The average molecular weight is 543 g/mol. The van der Waals surface area contributed by atoms with Crippen molar-refractivity contribution < 1.29 is 19.0 Å². The molecular formula is C35H58O4. The van der Waals surface area contributed by atoms with Gasteiger partial charge in [-0.2, -0.15) is 0 Å². The minimum atomic E-state index is -0.0568. The minimum Gasteiger partial charge on any atom is -0.497 e. The molecule has 0 aliphatic heterocycles. The van der Waals surface area contributed by atoms with Crippen LogP contribution in [-0.2, 0) is 20.9 Å². The first-order valence-corrected chi connectivity index (χ1v) is 15.9. The van der Waals surface area contributed by atoms with Gasteiger partial charge in [0.2, 0.25) is 0 Å². The molecule has 0 spiro atoms. The molecule has 0 aliphatic rings. The van der Waals surface area contributed by atoms with Crippen LogP contribution < -0.4 is 4.74 Å². The van der Waals surface area contributed by atoms with Gasteiger partial charge in [0.05, 0.1) is 20.3 Å². The second kappa shape index (κ2) is 26.2. The fourth-order valence-electron chi connectivity index (χ4n) is 4.79. The van der Waals surface area contributed by atoms with Crippen LogP contribution >= 0.6 is 0 Å². The van der Waals surface area contributed by atoms with Gasteiger partial charge in [0.15, 0.2) is 0 Å². The maximum atomic E-state index is 12.1. The molecule has 0 heterocycles. The third-order valence-corrected chi connectivity index (χ3v) is 7.15. The number of methoxy groups -OCH3 is 1. The number of esters is 1. The molecule has 0 saturated heterocycles. The molecular weight excluding hydrogens is 484 g/mol. The van der Waals surface area contributed by atoms with Gasteiger partial charge in [0.25, 0.3) is 0 Å². The van der Waals surface area contributed by atoms with Gasteiger partial charge >= 0.3 is 5.97 Å². The van der Waals surface area contributed by atoms with Crippen molar-refractivity contribution in [2.45, 2.75) is 130 Å². The summed E-state index contributed by atoms with van der Waals surface area (Å²) in [7, 11) is 1.68. The maximum Gasteiger partial charge on any atom is 0.306 e. The first-order chi connectivity index (χ1) is 19.2. The highest BCUT2D eigenvalue weighted by atomic mass is 16.5. The first kappa shape index (κ1) is 35.0. The van der Waals surface area contributed by atoms with Gasteiger partial charge in [-0.1, -0.05) is 94.7 Å². The van der Waals surface area contributed by atoms with E-state index in [1.54, 1.807) is 7.11 Å². The van der Waals surface area contributed by atoms with Crippen molar-refractivity contribution >= 4 is 5.97 Å². The van der Waals surface area contributed by atoms with E-state index in [0.29, 0.717) is 25.6 Å². The van der Waals surface area contributed by atoms with Gasteiger partial charge in [0.1, 0.15) is 5.75 Å². The number of hydrogen-bond donors (Lipinski definition) is 0. The molecule has 1 aromatic carbocycles. The number of hydrogen-bond acceptors (Lipinski definition) is 4. The minimum absolute atomic E-state index is 0.0568. The Morgan fingerprint density at radius 3 is 2.03 bits per heavy atom. The van der Waals surface area contributed by atoms with Crippen LogP contribution in [-0.4, -0.2) is 26.3 Å². The molecule has 1 unspecified atom stereocenters. The third-order valence-electron chi connectivity index (χ3n) is 7.15. The van der Waals surface area contributed by atoms with Crippen LogP contribution in [0.2, 0.25) is 0 Å². The molecule has 1 aromatic rings. The molecule has 0 aromatic heterocycles. The van der Waals surface area contributed by atoms with E-state index in [0.717, 1.165) is 43.6 Å². The van der Waals surface area contributed by atoms with E-state index in [2.05, 4.69) is 31.2 Å². The second-order valence-electron chi connectivity index (χ2n) is 10.6. The van der Waals surface area contributed by atoms with E-state index in [1.807, 2.05) is 31.2 Å². The molecule has 39 heavy (non-hydrogen) atoms. The lowest BCUT2D eigenvalue weighted by Gasteiger charge is -2.16. The molecule has 0 radical (unpaired) electrons. The standard InChI is InChI=1S/C35H58O4/c1-4-6-7-8-9-10-11-12-13-14-15-16-17-18-19-20-21-23-32(30-35(36)39-5-2)24-22-29-38-31-33-25-27-34(37-3)28-26-33/h9-10,12-13,25-28,32H,4-8,11,14-24,29-31H2,1-3H3. The van der Waals surface area contributed by atoms with E-state index in [1.165, 1.54) is 77.0 Å². The van der Waals surface area contributed by atoms with Crippen molar-refractivity contribution in [3.05, 3.63) is 54.1 Å². The lowest BCUT2D eigenvalue weighted by molar-refractivity contribution is -0.144. The molecule has 4 heteroatoms. The Morgan fingerprint density at radius 1 is 0.769 bits per heavy atom. The summed E-state index contributed by atoms with van der Waals surface area (Å²) in [5.74, 6) is 1.20. The Balaban J connectivity index is 2.08. The molecule has 0 amide bonds. The van der Waals surface area contributed by atoms with Crippen molar-refractivity contribution in [2.24, 2.45) is 5.92 Å². The zero-order chi connectivity index (χ0) is 28.2. The Bertz CT molecular complexity index is 738. The Kier molecular flexibility index (Phi) is 23.5. The van der Waals surface area contributed by atoms with Gasteiger partial charge in [-0.25, -0.2) is 0 Å². The zero-order valence-corrected chi connectivity index (χ0v) is 25.5. The van der Waals surface area contributed by atoms with Gasteiger partial charge in [0, 0.05) is 13.0 Å². The summed E-state index contributed by atoms with van der Waals surface area (Å²) in [5.41, 5.74) is 1.15. The van der Waals surface area contributed by atoms with Crippen LogP contribution in [0.25, 0.3) is 0 Å². The number of unbranched alkanes of at least 4 members (excludes halogenated alkanes) is 10. The molecule has 0 N–H and O–H groups in total. The van der Waals surface area contributed by atoms with Crippen LogP contribution in [0.5, 0.6) is 5.75 Å². The Hall–Kier alpha value is -2.07. The SMILES string of the molecule is CCCCCC=CCC=CCCCCCCCCCC(CCCOCc1ccc(OC)cc1)CC(=O)OCC. The van der Waals surface area contributed by atoms with Crippen molar-refractivity contribution in [1.82, 2.24) is 0 Å². The van der Waals surface area contributed by atoms with Crippen LogP contribution in [0.3, 0.4) is 0 Å². The summed E-state index contributed by atoms with van der Waals surface area (Å²) in [6.45, 7) is 5.92. The van der Waals surface area contributed by atoms with E-state index < -0.39 is 0 Å². The van der Waals surface area contributed by atoms with Crippen molar-refractivity contribution in [3.8, 4) is 5.75 Å². The topological polar surface area (TPSA) is 44.8 Å². The molecule has 0 fully saturated rings. The molecule has 1 rings (SSSR count). The van der Waals surface area contributed by atoms with Gasteiger partial charge in [-0.15, -0.1) is 0 Å². The van der Waals surface area contributed by atoms with Gasteiger partial charge < -0.3 is 14.2 Å². The van der Waals surface area contributed by atoms with E-state index >= 15 is 0 Å². The van der Waals surface area contributed by atoms with Crippen molar-refractivity contribution in [3.63, 3.8) is 0 Å². The van der Waals surface area contributed by atoms with Gasteiger partial charge in [-0.05, 0) is 81.9 Å². The quantitative estimate of drug-likeness (QED) is 0.0663. The fraction of sp³-hybridized carbons (Fsp3) is 0.686. The Labute approximate surface area is 240 Å². The number of benzene rings is 1.